The van der Waals surface area contributed by atoms with Gasteiger partial charge in [-0.05, 0) is 73.9 Å². The Kier molecular flexibility index (Phi) is 12.9. The Morgan fingerprint density at radius 3 is 1.71 bits per heavy atom. The van der Waals surface area contributed by atoms with Crippen LogP contribution in [0.4, 0.5) is 9.59 Å². The van der Waals surface area contributed by atoms with Gasteiger partial charge in [-0.15, -0.1) is 11.8 Å². The van der Waals surface area contributed by atoms with E-state index in [-0.39, 0.29) is 40.5 Å². The first-order valence-electron chi connectivity index (χ1n) is 19.5. The molecule has 0 saturated carbocycles. The van der Waals surface area contributed by atoms with Crippen molar-refractivity contribution in [1.29, 1.82) is 0 Å². The highest BCUT2D eigenvalue weighted by molar-refractivity contribution is 8.00. The van der Waals surface area contributed by atoms with E-state index in [0.29, 0.717) is 24.1 Å². The normalized spacial score (nSPS) is 18.4. The first-order chi connectivity index (χ1) is 27.7. The van der Waals surface area contributed by atoms with Gasteiger partial charge in [-0.25, -0.2) is 19.6 Å². The number of thioether (sulfide) groups is 1. The molecule has 4 aromatic rings. The molecule has 4 atom stereocenters. The smallest absolute Gasteiger partial charge is 0.407 e. The average molecular weight is 809 g/mol. The second-order valence-electron chi connectivity index (χ2n) is 15.8. The zero-order chi connectivity index (χ0) is 41.7. The molecule has 14 nitrogen and oxygen atoms in total. The van der Waals surface area contributed by atoms with E-state index in [1.165, 1.54) is 14.2 Å². The van der Waals surface area contributed by atoms with Crippen LogP contribution in [0.15, 0.2) is 60.9 Å². The molecular formula is C43H52N8O6S. The van der Waals surface area contributed by atoms with E-state index in [1.807, 2.05) is 76.2 Å². The number of likely N-dealkylation sites (tertiary alicyclic amines) is 1. The molecule has 6 rings (SSSR count). The van der Waals surface area contributed by atoms with Crippen molar-refractivity contribution in [3.8, 4) is 34.4 Å². The maximum absolute atomic E-state index is 13.8. The molecule has 4 amide bonds. The number of carbonyl (C=O) groups is 4. The Morgan fingerprint density at radius 2 is 1.22 bits per heavy atom. The number of H-pyrrole nitrogens is 2. The van der Waals surface area contributed by atoms with Crippen LogP contribution in [-0.4, -0.2) is 97.2 Å². The van der Waals surface area contributed by atoms with Crippen molar-refractivity contribution in [1.82, 2.24) is 40.4 Å². The molecule has 0 bridgehead atoms. The Labute approximate surface area is 343 Å². The molecule has 4 heterocycles. The number of rotatable bonds is 10. The number of ether oxygens (including phenoxy) is 2. The lowest BCUT2D eigenvalue weighted by Gasteiger charge is -2.33. The molecule has 306 valence electrons. The number of nitrogens with one attached hydrogen (secondary N) is 4. The van der Waals surface area contributed by atoms with Crippen LogP contribution in [0, 0.1) is 23.7 Å². The highest BCUT2D eigenvalue weighted by atomic mass is 32.2. The highest BCUT2D eigenvalue weighted by Crippen LogP contribution is 2.48. The summed E-state index contributed by atoms with van der Waals surface area (Å²) in [6.07, 6.45) is 3.91. The van der Waals surface area contributed by atoms with Gasteiger partial charge in [0.05, 0.1) is 49.9 Å². The van der Waals surface area contributed by atoms with Gasteiger partial charge in [-0.2, -0.15) is 0 Å². The molecule has 2 aromatic carbocycles. The van der Waals surface area contributed by atoms with Crippen molar-refractivity contribution >= 4 is 35.8 Å². The van der Waals surface area contributed by atoms with Crippen LogP contribution in [0.2, 0.25) is 0 Å². The van der Waals surface area contributed by atoms with E-state index < -0.39 is 24.3 Å². The van der Waals surface area contributed by atoms with Gasteiger partial charge in [0.25, 0.3) is 0 Å². The van der Waals surface area contributed by atoms with Crippen LogP contribution >= 0.6 is 11.8 Å². The van der Waals surface area contributed by atoms with E-state index in [0.717, 1.165) is 46.5 Å². The number of methoxy groups -OCH3 is 2. The second kappa shape index (κ2) is 17.8. The molecule has 58 heavy (non-hydrogen) atoms. The molecule has 2 aliphatic heterocycles. The number of amides is 4. The fraction of sp³-hybridized carbons (Fsp3) is 0.442. The van der Waals surface area contributed by atoms with Gasteiger partial charge in [0, 0.05) is 22.4 Å². The van der Waals surface area contributed by atoms with E-state index >= 15 is 0 Å². The largest absolute Gasteiger partial charge is 0.453 e. The predicted molar refractivity (Wildman–Crippen MR) is 222 cm³/mol. The number of benzene rings is 2. The molecule has 2 aromatic heterocycles. The van der Waals surface area contributed by atoms with Crippen LogP contribution in [-0.2, 0) is 19.1 Å². The molecule has 0 spiro atoms. The standard InChI is InChI=1S/C43H52N8O6S/c1-25(2)34(48-41(54)56-7)39(52)50-21-9-10-33(50)37-44-22-31(46-37)29-17-13-27(14-18-29)11-12-28-15-19-30(20-16-28)32-23-45-38(47-32)36-43(5,6)58-24-51(36)40(53)35(26(3)4)49-42(55)57-8/h13-20,22-23,25-26,33-36H,9-10,21,24H2,1-8H3,(H,44,46)(H,45,47)(H,48,54)(H,49,55)/t33-,34-,35?,36+/m0/s1. The summed E-state index contributed by atoms with van der Waals surface area (Å²) in [4.78, 5) is 71.1. The number of imidazole rings is 2. The zero-order valence-electron chi connectivity index (χ0n) is 34.2. The van der Waals surface area contributed by atoms with Crippen molar-refractivity contribution in [2.45, 2.75) is 83.3 Å². The third kappa shape index (κ3) is 9.18. The SMILES string of the molecule is COC(=O)NC(C(=O)N1CSC(C)(C)[C@H]1c1ncc(-c2ccc(C#Cc3ccc(-c4cnc([C@@H]5CCCN5C(=O)[C@@H](NC(=O)OC)C(C)C)[nH]4)cc3)cc2)[nH]1)C(C)C. The van der Waals surface area contributed by atoms with Gasteiger partial charge < -0.3 is 39.9 Å². The minimum Gasteiger partial charge on any atom is -0.453 e. The first kappa shape index (κ1) is 41.9. The lowest BCUT2D eigenvalue weighted by Crippen LogP contribution is -2.52. The molecule has 15 heteroatoms. The molecule has 2 saturated heterocycles. The van der Waals surface area contributed by atoms with E-state index in [9.17, 15) is 19.2 Å². The highest BCUT2D eigenvalue weighted by Gasteiger charge is 2.48. The number of hydrogen-bond acceptors (Lipinski definition) is 9. The van der Waals surface area contributed by atoms with Crippen LogP contribution in [0.3, 0.4) is 0 Å². The summed E-state index contributed by atoms with van der Waals surface area (Å²) in [6.45, 7) is 12.4. The summed E-state index contributed by atoms with van der Waals surface area (Å²) >= 11 is 1.67. The summed E-state index contributed by atoms with van der Waals surface area (Å²) in [5.41, 5.74) is 5.25. The summed E-state index contributed by atoms with van der Waals surface area (Å²) in [5, 5.41) is 5.39. The Balaban J connectivity index is 1.10. The fourth-order valence-corrected chi connectivity index (χ4v) is 8.53. The molecule has 0 radical (unpaired) electrons. The lowest BCUT2D eigenvalue weighted by atomic mass is 9.97. The van der Waals surface area contributed by atoms with E-state index in [1.54, 1.807) is 34.0 Å². The molecule has 2 aliphatic rings. The summed E-state index contributed by atoms with van der Waals surface area (Å²) < 4.78 is 9.21. The maximum atomic E-state index is 13.8. The van der Waals surface area contributed by atoms with Crippen molar-refractivity contribution in [3.05, 3.63) is 83.7 Å². The van der Waals surface area contributed by atoms with Gasteiger partial charge in [-0.3, -0.25) is 9.59 Å². The molecule has 2 fully saturated rings. The monoisotopic (exact) mass is 808 g/mol. The molecule has 4 N–H and O–H groups in total. The minimum atomic E-state index is -0.730. The van der Waals surface area contributed by atoms with Crippen LogP contribution in [0.25, 0.3) is 22.5 Å². The fourth-order valence-electron chi connectivity index (χ4n) is 7.39. The zero-order valence-corrected chi connectivity index (χ0v) is 35.0. The summed E-state index contributed by atoms with van der Waals surface area (Å²) in [7, 11) is 2.57. The first-order valence-corrected chi connectivity index (χ1v) is 20.5. The third-order valence-corrected chi connectivity index (χ3v) is 12.0. The summed E-state index contributed by atoms with van der Waals surface area (Å²) in [6, 6.07) is 13.9. The van der Waals surface area contributed by atoms with Crippen LogP contribution in [0.5, 0.6) is 0 Å². The Morgan fingerprint density at radius 1 is 0.759 bits per heavy atom. The quantitative estimate of drug-likeness (QED) is 0.128. The van der Waals surface area contributed by atoms with E-state index in [4.69, 9.17) is 14.5 Å². The van der Waals surface area contributed by atoms with Gasteiger partial charge in [0.1, 0.15) is 29.8 Å². The molecule has 0 aliphatic carbocycles. The summed E-state index contributed by atoms with van der Waals surface area (Å²) in [5.74, 6) is 7.79. The number of carbonyl (C=O) groups excluding carboxylic acids is 4. The van der Waals surface area contributed by atoms with Gasteiger partial charge in [-0.1, -0.05) is 63.8 Å². The predicted octanol–water partition coefficient (Wildman–Crippen LogP) is 6.64. The second-order valence-corrected chi connectivity index (χ2v) is 17.4. The van der Waals surface area contributed by atoms with Crippen molar-refractivity contribution in [2.24, 2.45) is 11.8 Å². The number of aromatic nitrogens is 4. The van der Waals surface area contributed by atoms with Crippen molar-refractivity contribution in [2.75, 3.05) is 26.6 Å². The van der Waals surface area contributed by atoms with Crippen molar-refractivity contribution in [3.63, 3.8) is 0 Å². The van der Waals surface area contributed by atoms with Gasteiger partial charge >= 0.3 is 12.2 Å². The number of alkyl carbamates (subject to hydrolysis) is 2. The average Bonchev–Trinajstić information content (AvgIpc) is 4.04. The third-order valence-electron chi connectivity index (χ3n) is 10.7. The Bertz CT molecular complexity index is 2170. The van der Waals surface area contributed by atoms with Gasteiger partial charge in [0.15, 0.2) is 0 Å². The Hall–Kier alpha value is -5.75. The number of hydrogen-bond donors (Lipinski definition) is 4. The number of aromatic amines is 2. The number of nitrogens with zero attached hydrogens (tertiary/aromatic N) is 4. The van der Waals surface area contributed by atoms with E-state index in [2.05, 4.69) is 51.3 Å². The topological polar surface area (TPSA) is 175 Å². The van der Waals surface area contributed by atoms with Crippen LogP contribution < -0.4 is 10.6 Å². The van der Waals surface area contributed by atoms with Gasteiger partial charge in [0.2, 0.25) is 11.8 Å². The lowest BCUT2D eigenvalue weighted by molar-refractivity contribution is -0.136. The molecule has 1 unspecified atom stereocenters. The maximum Gasteiger partial charge on any atom is 0.407 e. The van der Waals surface area contributed by atoms with Crippen molar-refractivity contribution < 1.29 is 28.7 Å². The van der Waals surface area contributed by atoms with Crippen LogP contribution in [0.1, 0.15) is 89.2 Å². The minimum absolute atomic E-state index is 0.109. The molecular weight excluding hydrogens is 757 g/mol.